The van der Waals surface area contributed by atoms with Crippen molar-refractivity contribution in [1.82, 2.24) is 19.4 Å². The summed E-state index contributed by atoms with van der Waals surface area (Å²) in [6.45, 7) is 1.87. The molecule has 0 spiro atoms. The molecule has 3 aromatic heterocycles. The first-order valence-corrected chi connectivity index (χ1v) is 11.4. The fraction of sp³-hybridized carbons (Fsp3) is 0.143. The molecule has 3 N–H and O–H groups in total. The molecule has 3 heterocycles. The van der Waals surface area contributed by atoms with E-state index in [4.69, 9.17) is 15.6 Å². The number of carbonyl (C=O) groups is 1. The average molecular weight is 511 g/mol. The van der Waals surface area contributed by atoms with Gasteiger partial charge < -0.3 is 10.8 Å². The molecule has 35 heavy (non-hydrogen) atoms. The summed E-state index contributed by atoms with van der Waals surface area (Å²) in [4.78, 5) is 21.4. The van der Waals surface area contributed by atoms with Gasteiger partial charge in [-0.1, -0.05) is 6.07 Å². The zero-order valence-electron chi connectivity index (χ0n) is 18.1. The Labute approximate surface area is 195 Å². The molecule has 0 aliphatic carbocycles. The SMILES string of the molecule is Cc1ccc(S(C)(=O)=O)cc1-c1cnc2c(N)nc(-c3ccncc3F)cn12.O=C(O)C(F)(F)F. The number of alkyl halides is 3. The van der Waals surface area contributed by atoms with Gasteiger partial charge in [0, 0.05) is 29.8 Å². The Bertz CT molecular complexity index is 1530. The first kappa shape index (κ1) is 25.6. The predicted molar refractivity (Wildman–Crippen MR) is 118 cm³/mol. The number of hydrogen-bond acceptors (Lipinski definition) is 7. The van der Waals surface area contributed by atoms with Gasteiger partial charge in [-0.25, -0.2) is 27.6 Å². The van der Waals surface area contributed by atoms with Gasteiger partial charge in [-0.05, 0) is 30.7 Å². The van der Waals surface area contributed by atoms with E-state index in [1.165, 1.54) is 12.3 Å². The van der Waals surface area contributed by atoms with Crippen molar-refractivity contribution in [3.8, 4) is 22.5 Å². The molecule has 0 fully saturated rings. The van der Waals surface area contributed by atoms with E-state index in [2.05, 4.69) is 15.0 Å². The molecule has 0 unspecified atom stereocenters. The van der Waals surface area contributed by atoms with Crippen molar-refractivity contribution >= 4 is 27.3 Å². The molecule has 4 aromatic rings. The van der Waals surface area contributed by atoms with Crippen LogP contribution in [0.1, 0.15) is 5.56 Å². The van der Waals surface area contributed by atoms with Gasteiger partial charge in [-0.15, -0.1) is 0 Å². The number of anilines is 1. The van der Waals surface area contributed by atoms with E-state index in [-0.39, 0.29) is 16.3 Å². The number of nitrogens with two attached hydrogens (primary N) is 1. The molecule has 9 nitrogen and oxygen atoms in total. The van der Waals surface area contributed by atoms with Crippen LogP contribution in [-0.2, 0) is 14.6 Å². The Kier molecular flexibility index (Phi) is 6.78. The largest absolute Gasteiger partial charge is 0.490 e. The van der Waals surface area contributed by atoms with Crippen molar-refractivity contribution in [3.05, 3.63) is 60.4 Å². The molecule has 0 aliphatic rings. The van der Waals surface area contributed by atoms with Crippen molar-refractivity contribution in [2.75, 3.05) is 12.0 Å². The lowest BCUT2D eigenvalue weighted by atomic mass is 10.1. The number of sulfone groups is 1. The second-order valence-corrected chi connectivity index (χ2v) is 9.27. The third-order valence-corrected chi connectivity index (χ3v) is 5.83. The third-order valence-electron chi connectivity index (χ3n) is 4.72. The predicted octanol–water partition coefficient (Wildman–Crippen LogP) is 3.52. The molecule has 0 saturated carbocycles. The van der Waals surface area contributed by atoms with Gasteiger partial charge in [-0.2, -0.15) is 13.2 Å². The second kappa shape index (κ2) is 9.29. The van der Waals surface area contributed by atoms with E-state index in [1.54, 1.807) is 35.0 Å². The van der Waals surface area contributed by atoms with Gasteiger partial charge in [-0.3, -0.25) is 9.38 Å². The summed E-state index contributed by atoms with van der Waals surface area (Å²) in [6, 6.07) is 6.40. The van der Waals surface area contributed by atoms with Gasteiger partial charge in [0.05, 0.1) is 28.7 Å². The zero-order valence-corrected chi connectivity index (χ0v) is 18.9. The van der Waals surface area contributed by atoms with Gasteiger partial charge >= 0.3 is 12.1 Å². The summed E-state index contributed by atoms with van der Waals surface area (Å²) in [5.74, 6) is -3.14. The highest BCUT2D eigenvalue weighted by atomic mass is 32.2. The number of halogens is 4. The molecule has 0 atom stereocenters. The Morgan fingerprint density at radius 3 is 2.37 bits per heavy atom. The molecule has 4 rings (SSSR count). The van der Waals surface area contributed by atoms with Gasteiger partial charge in [0.15, 0.2) is 27.1 Å². The monoisotopic (exact) mass is 511 g/mol. The van der Waals surface area contributed by atoms with E-state index >= 15 is 0 Å². The van der Waals surface area contributed by atoms with Crippen LogP contribution in [0.15, 0.2) is 53.9 Å². The first-order valence-electron chi connectivity index (χ1n) is 9.54. The quantitative estimate of drug-likeness (QED) is 0.398. The lowest BCUT2D eigenvalue weighted by Crippen LogP contribution is -2.21. The maximum Gasteiger partial charge on any atom is 0.490 e. The number of benzene rings is 1. The maximum atomic E-state index is 14.2. The van der Waals surface area contributed by atoms with Gasteiger partial charge in [0.1, 0.15) is 0 Å². The summed E-state index contributed by atoms with van der Waals surface area (Å²) in [7, 11) is -3.37. The summed E-state index contributed by atoms with van der Waals surface area (Å²) in [5.41, 5.74) is 9.19. The number of nitrogen functional groups attached to an aromatic ring is 1. The molecule has 0 aliphatic heterocycles. The number of carboxylic acid groups (broad SMARTS) is 1. The second-order valence-electron chi connectivity index (χ2n) is 7.26. The fourth-order valence-electron chi connectivity index (χ4n) is 3.03. The molecular formula is C21H17F4N5O4S. The standard InChI is InChI=1S/C19H16FN5O2S.C2HF3O2/c1-11-3-4-12(28(2,26)27)7-14(11)17-9-23-19-18(21)24-16(10-25(17)19)13-5-6-22-8-15(13)20;3-2(4,5)1(6)7/h3-10H,1-2H3,(H2,21,24);(H,6,7). The van der Waals surface area contributed by atoms with Crippen LogP contribution >= 0.6 is 0 Å². The highest BCUT2D eigenvalue weighted by molar-refractivity contribution is 7.90. The number of aromatic nitrogens is 4. The Morgan fingerprint density at radius 2 is 1.80 bits per heavy atom. The minimum Gasteiger partial charge on any atom is -0.475 e. The fourth-order valence-corrected chi connectivity index (χ4v) is 3.68. The normalized spacial score (nSPS) is 11.7. The summed E-state index contributed by atoms with van der Waals surface area (Å²) in [6.07, 6.45) is 1.86. The van der Waals surface area contributed by atoms with Crippen LogP contribution in [0.25, 0.3) is 28.2 Å². The van der Waals surface area contributed by atoms with Crippen molar-refractivity contribution in [3.63, 3.8) is 0 Å². The van der Waals surface area contributed by atoms with Gasteiger partial charge in [0.25, 0.3) is 0 Å². The van der Waals surface area contributed by atoms with Crippen LogP contribution in [0.4, 0.5) is 23.4 Å². The Morgan fingerprint density at radius 1 is 1.14 bits per heavy atom. The highest BCUT2D eigenvalue weighted by Gasteiger charge is 2.38. The van der Waals surface area contributed by atoms with Crippen LogP contribution in [0.2, 0.25) is 0 Å². The topological polar surface area (TPSA) is 141 Å². The van der Waals surface area contributed by atoms with Crippen LogP contribution in [0.5, 0.6) is 0 Å². The molecular weight excluding hydrogens is 494 g/mol. The first-order chi connectivity index (χ1) is 16.2. The van der Waals surface area contributed by atoms with E-state index < -0.39 is 27.8 Å². The maximum absolute atomic E-state index is 14.2. The van der Waals surface area contributed by atoms with Crippen molar-refractivity contribution in [1.29, 1.82) is 0 Å². The lowest BCUT2D eigenvalue weighted by Gasteiger charge is -2.10. The van der Waals surface area contributed by atoms with E-state index in [0.717, 1.165) is 18.0 Å². The molecule has 0 saturated heterocycles. The number of imidazole rings is 1. The van der Waals surface area contributed by atoms with E-state index in [9.17, 15) is 26.0 Å². The number of nitrogens with zero attached hydrogens (tertiary/aromatic N) is 4. The number of rotatable bonds is 3. The summed E-state index contributed by atoms with van der Waals surface area (Å²) < 4.78 is 71.5. The van der Waals surface area contributed by atoms with Crippen LogP contribution < -0.4 is 5.73 Å². The molecule has 0 amide bonds. The third kappa shape index (κ3) is 5.54. The minimum absolute atomic E-state index is 0.136. The molecule has 14 heteroatoms. The average Bonchev–Trinajstić information content (AvgIpc) is 3.18. The Hall–Kier alpha value is -4.07. The number of aliphatic carboxylic acids is 1. The van der Waals surface area contributed by atoms with Crippen molar-refractivity contribution < 1.29 is 35.9 Å². The number of hydrogen-bond donors (Lipinski definition) is 2. The van der Waals surface area contributed by atoms with E-state index in [1.807, 2.05) is 6.92 Å². The summed E-state index contributed by atoms with van der Waals surface area (Å²) in [5, 5.41) is 7.12. The zero-order chi connectivity index (χ0) is 26.1. The van der Waals surface area contributed by atoms with Gasteiger partial charge in [0.2, 0.25) is 0 Å². The van der Waals surface area contributed by atoms with Crippen LogP contribution in [0.3, 0.4) is 0 Å². The van der Waals surface area contributed by atoms with Crippen molar-refractivity contribution in [2.24, 2.45) is 0 Å². The molecule has 0 bridgehead atoms. The van der Waals surface area contributed by atoms with Crippen LogP contribution in [0, 0.1) is 12.7 Å². The molecule has 184 valence electrons. The lowest BCUT2D eigenvalue weighted by molar-refractivity contribution is -0.192. The number of aryl methyl sites for hydroxylation is 1. The molecule has 0 radical (unpaired) electrons. The number of carboxylic acids is 1. The van der Waals surface area contributed by atoms with Crippen LogP contribution in [-0.4, -0.2) is 51.3 Å². The Balaban J connectivity index is 0.000000429. The highest BCUT2D eigenvalue weighted by Crippen LogP contribution is 2.30. The smallest absolute Gasteiger partial charge is 0.475 e. The minimum atomic E-state index is -5.08. The number of pyridine rings is 1. The summed E-state index contributed by atoms with van der Waals surface area (Å²) >= 11 is 0. The number of fused-ring (bicyclic) bond motifs is 1. The van der Waals surface area contributed by atoms with E-state index in [0.29, 0.717) is 22.6 Å². The van der Waals surface area contributed by atoms with Crippen molar-refractivity contribution in [2.45, 2.75) is 18.0 Å². The molecule has 1 aromatic carbocycles.